The Balaban J connectivity index is 1.92. The molecule has 1 aromatic rings. The Morgan fingerprint density at radius 1 is 1.37 bits per heavy atom. The molecule has 0 saturated carbocycles. The molecule has 106 valence electrons. The largest absolute Gasteiger partial charge is 0.490 e. The zero-order chi connectivity index (χ0) is 13.7. The minimum atomic E-state index is 0.366. The van der Waals surface area contributed by atoms with Gasteiger partial charge in [-0.3, -0.25) is 4.90 Å². The van der Waals surface area contributed by atoms with E-state index in [4.69, 9.17) is 10.5 Å². The van der Waals surface area contributed by atoms with Crippen LogP contribution in [-0.2, 0) is 0 Å². The fraction of sp³-hybridized carbons (Fsp3) is 0.692. The first-order chi connectivity index (χ1) is 9.22. The number of nitrogens with one attached hydrogen (secondary N) is 1. The summed E-state index contributed by atoms with van der Waals surface area (Å²) in [6, 6.07) is 0.473. The average Bonchev–Trinajstić information content (AvgIpc) is 2.45. The van der Waals surface area contributed by atoms with Crippen LogP contribution in [0.3, 0.4) is 0 Å². The van der Waals surface area contributed by atoms with Crippen LogP contribution in [-0.4, -0.2) is 47.7 Å². The highest BCUT2D eigenvalue weighted by Gasteiger charge is 2.17. The number of hydrogen-bond donors (Lipinski definition) is 2. The summed E-state index contributed by atoms with van der Waals surface area (Å²) in [5.41, 5.74) is 5.75. The first-order valence-corrected chi connectivity index (χ1v) is 6.84. The van der Waals surface area contributed by atoms with Gasteiger partial charge >= 0.3 is 0 Å². The summed E-state index contributed by atoms with van der Waals surface area (Å²) in [4.78, 5) is 10.6. The average molecular weight is 265 g/mol. The van der Waals surface area contributed by atoms with Crippen molar-refractivity contribution in [1.29, 1.82) is 0 Å². The van der Waals surface area contributed by atoms with Crippen molar-refractivity contribution >= 4 is 11.6 Å². The predicted octanol–water partition coefficient (Wildman–Crippen LogP) is 1.35. The van der Waals surface area contributed by atoms with E-state index in [1.165, 1.54) is 38.7 Å². The van der Waals surface area contributed by atoms with E-state index in [1.54, 1.807) is 7.11 Å². The van der Waals surface area contributed by atoms with E-state index in [-0.39, 0.29) is 0 Å². The van der Waals surface area contributed by atoms with Crippen LogP contribution in [0.2, 0.25) is 0 Å². The molecular formula is C13H23N5O. The molecule has 0 radical (unpaired) electrons. The number of piperidine rings is 1. The lowest BCUT2D eigenvalue weighted by atomic mass is 10.1. The number of nitrogen functional groups attached to an aromatic ring is 1. The van der Waals surface area contributed by atoms with E-state index in [2.05, 4.69) is 27.1 Å². The van der Waals surface area contributed by atoms with E-state index in [9.17, 15) is 0 Å². The molecule has 2 heterocycles. The molecule has 1 aliphatic rings. The summed E-state index contributed by atoms with van der Waals surface area (Å²) < 4.78 is 5.23. The van der Waals surface area contributed by atoms with Crippen LogP contribution in [0.4, 0.5) is 11.6 Å². The van der Waals surface area contributed by atoms with Crippen molar-refractivity contribution in [3.8, 4) is 5.75 Å². The number of hydrogen-bond acceptors (Lipinski definition) is 6. The van der Waals surface area contributed by atoms with E-state index in [1.807, 2.05) is 0 Å². The molecule has 0 amide bonds. The van der Waals surface area contributed by atoms with Crippen molar-refractivity contribution in [2.45, 2.75) is 32.2 Å². The fourth-order valence-corrected chi connectivity index (χ4v) is 2.45. The number of nitrogens with zero attached hydrogens (tertiary/aromatic N) is 3. The maximum atomic E-state index is 5.75. The molecule has 0 aromatic carbocycles. The van der Waals surface area contributed by atoms with Crippen molar-refractivity contribution in [3.63, 3.8) is 0 Å². The maximum Gasteiger partial charge on any atom is 0.203 e. The monoisotopic (exact) mass is 265 g/mol. The molecule has 3 N–H and O–H groups in total. The van der Waals surface area contributed by atoms with Crippen molar-refractivity contribution in [3.05, 3.63) is 6.33 Å². The Kier molecular flexibility index (Phi) is 4.79. The smallest absolute Gasteiger partial charge is 0.203 e. The number of likely N-dealkylation sites (tertiary alicyclic amines) is 1. The van der Waals surface area contributed by atoms with Gasteiger partial charge in [0.15, 0.2) is 11.6 Å². The van der Waals surface area contributed by atoms with Crippen molar-refractivity contribution in [2.75, 3.05) is 37.8 Å². The van der Waals surface area contributed by atoms with Gasteiger partial charge in [0.2, 0.25) is 5.75 Å². The summed E-state index contributed by atoms with van der Waals surface area (Å²) in [6.45, 7) is 5.43. The van der Waals surface area contributed by atoms with E-state index >= 15 is 0 Å². The van der Waals surface area contributed by atoms with Gasteiger partial charge in [-0.05, 0) is 32.9 Å². The molecule has 0 bridgehead atoms. The molecule has 1 atom stereocenters. The lowest BCUT2D eigenvalue weighted by molar-refractivity contribution is 0.180. The van der Waals surface area contributed by atoms with Gasteiger partial charge in [0, 0.05) is 12.6 Å². The van der Waals surface area contributed by atoms with Gasteiger partial charge in [0.25, 0.3) is 0 Å². The summed E-state index contributed by atoms with van der Waals surface area (Å²) in [6.07, 6.45) is 5.40. The molecule has 1 fully saturated rings. The van der Waals surface area contributed by atoms with Crippen LogP contribution in [0.25, 0.3) is 0 Å². The number of rotatable bonds is 5. The van der Waals surface area contributed by atoms with Gasteiger partial charge in [-0.1, -0.05) is 6.42 Å². The molecule has 1 aromatic heterocycles. The highest BCUT2D eigenvalue weighted by atomic mass is 16.5. The van der Waals surface area contributed by atoms with Crippen molar-refractivity contribution in [1.82, 2.24) is 14.9 Å². The number of methoxy groups -OCH3 is 1. The van der Waals surface area contributed by atoms with Gasteiger partial charge < -0.3 is 15.8 Å². The lowest BCUT2D eigenvalue weighted by Gasteiger charge is -2.32. The second-order valence-corrected chi connectivity index (χ2v) is 4.97. The third-order valence-electron chi connectivity index (χ3n) is 3.61. The molecular weight excluding hydrogens is 242 g/mol. The summed E-state index contributed by atoms with van der Waals surface area (Å²) in [5.74, 6) is 1.55. The lowest BCUT2D eigenvalue weighted by Crippen LogP contribution is -2.41. The van der Waals surface area contributed by atoms with Crippen LogP contribution in [0.15, 0.2) is 6.33 Å². The minimum Gasteiger partial charge on any atom is -0.490 e. The Morgan fingerprint density at radius 2 is 2.11 bits per heavy atom. The third kappa shape index (κ3) is 3.47. The van der Waals surface area contributed by atoms with Gasteiger partial charge in [-0.25, -0.2) is 9.97 Å². The summed E-state index contributed by atoms with van der Waals surface area (Å²) in [7, 11) is 1.58. The minimum absolute atomic E-state index is 0.366. The standard InChI is InChI=1S/C13H23N5O/c1-10(18-6-4-3-5-7-18)8-15-13-11(19-2)12(14)16-9-17-13/h9-10H,3-8H2,1-2H3,(H3,14,15,16,17). The Hall–Kier alpha value is -1.56. The highest BCUT2D eigenvalue weighted by molar-refractivity contribution is 5.61. The molecule has 19 heavy (non-hydrogen) atoms. The van der Waals surface area contributed by atoms with Crippen LogP contribution in [0.5, 0.6) is 5.75 Å². The maximum absolute atomic E-state index is 5.75. The van der Waals surface area contributed by atoms with E-state index in [0.29, 0.717) is 23.4 Å². The quantitative estimate of drug-likeness (QED) is 0.837. The number of anilines is 2. The molecule has 1 unspecified atom stereocenters. The Labute approximate surface area is 114 Å². The van der Waals surface area contributed by atoms with Gasteiger partial charge in [-0.15, -0.1) is 0 Å². The molecule has 6 heteroatoms. The van der Waals surface area contributed by atoms with Crippen LogP contribution < -0.4 is 15.8 Å². The second kappa shape index (κ2) is 6.56. The Bertz CT molecular complexity index is 406. The number of nitrogens with two attached hydrogens (primary N) is 1. The SMILES string of the molecule is COc1c(N)ncnc1NCC(C)N1CCCCC1. The van der Waals surface area contributed by atoms with Crippen molar-refractivity contribution < 1.29 is 4.74 Å². The van der Waals surface area contributed by atoms with Crippen LogP contribution in [0, 0.1) is 0 Å². The van der Waals surface area contributed by atoms with Gasteiger partial charge in [0.05, 0.1) is 7.11 Å². The summed E-state index contributed by atoms with van der Waals surface area (Å²) >= 11 is 0. The van der Waals surface area contributed by atoms with E-state index < -0.39 is 0 Å². The van der Waals surface area contributed by atoms with Crippen LogP contribution in [0.1, 0.15) is 26.2 Å². The molecule has 6 nitrogen and oxygen atoms in total. The molecule has 0 aliphatic carbocycles. The first kappa shape index (κ1) is 13.9. The number of aromatic nitrogens is 2. The predicted molar refractivity (Wildman–Crippen MR) is 76.4 cm³/mol. The molecule has 2 rings (SSSR count). The van der Waals surface area contributed by atoms with Crippen molar-refractivity contribution in [2.24, 2.45) is 0 Å². The van der Waals surface area contributed by atoms with Gasteiger partial charge in [-0.2, -0.15) is 0 Å². The first-order valence-electron chi connectivity index (χ1n) is 6.84. The highest BCUT2D eigenvalue weighted by Crippen LogP contribution is 2.26. The Morgan fingerprint density at radius 3 is 2.79 bits per heavy atom. The molecule has 1 aliphatic heterocycles. The number of ether oxygens (including phenoxy) is 1. The third-order valence-corrected chi connectivity index (χ3v) is 3.61. The second-order valence-electron chi connectivity index (χ2n) is 4.97. The van der Waals surface area contributed by atoms with Gasteiger partial charge in [0.1, 0.15) is 6.33 Å². The van der Waals surface area contributed by atoms with Crippen LogP contribution >= 0.6 is 0 Å². The zero-order valence-corrected chi connectivity index (χ0v) is 11.7. The zero-order valence-electron chi connectivity index (χ0n) is 11.7. The molecule has 0 spiro atoms. The van der Waals surface area contributed by atoms with E-state index in [0.717, 1.165) is 6.54 Å². The topological polar surface area (TPSA) is 76.3 Å². The molecule has 1 saturated heterocycles. The normalized spacial score (nSPS) is 18.0. The fourth-order valence-electron chi connectivity index (χ4n) is 2.45. The summed E-state index contributed by atoms with van der Waals surface area (Å²) in [5, 5.41) is 3.30.